The summed E-state index contributed by atoms with van der Waals surface area (Å²) in [6, 6.07) is 1.70. The van der Waals surface area contributed by atoms with Gasteiger partial charge in [-0.2, -0.15) is 0 Å². The van der Waals surface area contributed by atoms with E-state index in [0.29, 0.717) is 28.1 Å². The van der Waals surface area contributed by atoms with Crippen molar-refractivity contribution < 1.29 is 24.0 Å². The van der Waals surface area contributed by atoms with Gasteiger partial charge in [-0.3, -0.25) is 9.59 Å². The summed E-state index contributed by atoms with van der Waals surface area (Å²) in [4.78, 5) is 28.6. The van der Waals surface area contributed by atoms with Crippen molar-refractivity contribution in [2.45, 2.75) is 52.6 Å². The molecule has 0 spiro atoms. The molecule has 2 rings (SSSR count). The Balaban J connectivity index is 2.21. The molecule has 1 amide bonds. The number of aliphatic hydroxyl groups is 1. The van der Waals surface area contributed by atoms with Crippen LogP contribution in [-0.4, -0.2) is 45.9 Å². The van der Waals surface area contributed by atoms with E-state index in [1.807, 2.05) is 13.8 Å². The second kappa shape index (κ2) is 7.82. The molecule has 2 aromatic rings. The molecular formula is C18H25N3O5. The number of aromatic nitrogens is 2. The molecule has 2 aromatic heterocycles. The van der Waals surface area contributed by atoms with E-state index in [4.69, 9.17) is 9.26 Å². The molecule has 2 heterocycles. The molecule has 0 bridgehead atoms. The first-order chi connectivity index (χ1) is 12.1. The summed E-state index contributed by atoms with van der Waals surface area (Å²) in [7, 11) is 0. The zero-order chi connectivity index (χ0) is 19.5. The van der Waals surface area contributed by atoms with E-state index >= 15 is 0 Å². The van der Waals surface area contributed by atoms with Gasteiger partial charge in [0.15, 0.2) is 0 Å². The Morgan fingerprint density at radius 2 is 2.12 bits per heavy atom. The van der Waals surface area contributed by atoms with Crippen molar-refractivity contribution in [1.29, 1.82) is 0 Å². The van der Waals surface area contributed by atoms with Crippen LogP contribution in [0.5, 0.6) is 0 Å². The van der Waals surface area contributed by atoms with Crippen LogP contribution >= 0.6 is 0 Å². The number of ether oxygens (including phenoxy) is 1. The predicted octanol–water partition coefficient (Wildman–Crippen LogP) is 2.09. The number of carbonyl (C=O) groups is 2. The molecule has 0 fully saturated rings. The molecular weight excluding hydrogens is 338 g/mol. The Labute approximate surface area is 151 Å². The number of nitrogens with zero attached hydrogens (tertiary/aromatic N) is 2. The van der Waals surface area contributed by atoms with E-state index in [2.05, 4.69) is 15.5 Å². The number of pyridine rings is 1. The van der Waals surface area contributed by atoms with Crippen molar-refractivity contribution in [2.75, 3.05) is 13.2 Å². The topological polar surface area (TPSA) is 115 Å². The first-order valence-electron chi connectivity index (χ1n) is 8.57. The second-order valence-electron chi connectivity index (χ2n) is 6.86. The lowest BCUT2D eigenvalue weighted by Crippen LogP contribution is -2.42. The van der Waals surface area contributed by atoms with E-state index < -0.39 is 17.5 Å². The van der Waals surface area contributed by atoms with Crippen molar-refractivity contribution in [2.24, 2.45) is 0 Å². The van der Waals surface area contributed by atoms with Crippen LogP contribution in [0.4, 0.5) is 0 Å². The number of hydrogen-bond acceptors (Lipinski definition) is 7. The summed E-state index contributed by atoms with van der Waals surface area (Å²) in [5.41, 5.74) is 0.531. The quantitative estimate of drug-likeness (QED) is 0.724. The summed E-state index contributed by atoms with van der Waals surface area (Å²) in [6.45, 7) is 8.95. The van der Waals surface area contributed by atoms with E-state index in [0.717, 1.165) is 0 Å². The number of amides is 1. The van der Waals surface area contributed by atoms with Gasteiger partial charge in [-0.25, -0.2) is 4.98 Å². The standard InChI is InChI=1S/C18H25N3O5/c1-6-25-14(22)8-18(5,24)9-19-16(23)12-7-13(10(2)3)20-17-15(12)11(4)21-26-17/h7,10,24H,6,8-9H2,1-5H3,(H,19,23)/t18-/m0/s1. The van der Waals surface area contributed by atoms with E-state index in [1.165, 1.54) is 6.92 Å². The van der Waals surface area contributed by atoms with Gasteiger partial charge in [0.1, 0.15) is 0 Å². The number of esters is 1. The van der Waals surface area contributed by atoms with Gasteiger partial charge >= 0.3 is 5.97 Å². The van der Waals surface area contributed by atoms with Gasteiger partial charge in [0, 0.05) is 12.2 Å². The number of fused-ring (bicyclic) bond motifs is 1. The van der Waals surface area contributed by atoms with Crippen molar-refractivity contribution in [1.82, 2.24) is 15.5 Å². The number of nitrogens with one attached hydrogen (secondary N) is 1. The fourth-order valence-electron chi connectivity index (χ4n) is 2.54. The number of aryl methyl sites for hydroxylation is 1. The molecule has 142 valence electrons. The third-order valence-corrected chi connectivity index (χ3v) is 3.93. The summed E-state index contributed by atoms with van der Waals surface area (Å²) in [5.74, 6) is -0.812. The molecule has 0 saturated heterocycles. The van der Waals surface area contributed by atoms with E-state index in [-0.39, 0.29) is 25.5 Å². The van der Waals surface area contributed by atoms with E-state index in [1.54, 1.807) is 19.9 Å². The Morgan fingerprint density at radius 3 is 2.73 bits per heavy atom. The van der Waals surface area contributed by atoms with Crippen molar-refractivity contribution in [3.05, 3.63) is 23.0 Å². The third-order valence-electron chi connectivity index (χ3n) is 3.93. The first-order valence-corrected chi connectivity index (χ1v) is 8.57. The number of rotatable bonds is 7. The van der Waals surface area contributed by atoms with Crippen LogP contribution in [0.2, 0.25) is 0 Å². The van der Waals surface area contributed by atoms with Crippen molar-refractivity contribution in [3.8, 4) is 0 Å². The zero-order valence-corrected chi connectivity index (χ0v) is 15.8. The molecule has 0 aliphatic rings. The smallest absolute Gasteiger partial charge is 0.308 e. The molecule has 26 heavy (non-hydrogen) atoms. The molecule has 0 radical (unpaired) electrons. The highest BCUT2D eigenvalue weighted by Crippen LogP contribution is 2.25. The Kier molecular flexibility index (Phi) is 5.97. The Morgan fingerprint density at radius 1 is 1.42 bits per heavy atom. The normalized spacial score (nSPS) is 13.7. The molecule has 0 aromatic carbocycles. The minimum Gasteiger partial charge on any atom is -0.466 e. The summed E-state index contributed by atoms with van der Waals surface area (Å²) in [6.07, 6.45) is -0.212. The lowest BCUT2D eigenvalue weighted by atomic mass is 10.0. The minimum atomic E-state index is -1.42. The van der Waals surface area contributed by atoms with Crippen LogP contribution in [0.25, 0.3) is 11.1 Å². The van der Waals surface area contributed by atoms with Gasteiger partial charge in [0.05, 0.1) is 35.3 Å². The molecule has 0 aliphatic heterocycles. The molecule has 0 unspecified atom stereocenters. The summed E-state index contributed by atoms with van der Waals surface area (Å²) >= 11 is 0. The molecule has 1 atom stereocenters. The van der Waals surface area contributed by atoms with Gasteiger partial charge in [-0.15, -0.1) is 0 Å². The maximum atomic E-state index is 12.7. The van der Waals surface area contributed by atoms with Crippen molar-refractivity contribution >= 4 is 23.0 Å². The highest BCUT2D eigenvalue weighted by atomic mass is 16.5. The fourth-order valence-corrected chi connectivity index (χ4v) is 2.54. The van der Waals surface area contributed by atoms with Crippen molar-refractivity contribution in [3.63, 3.8) is 0 Å². The fraction of sp³-hybridized carbons (Fsp3) is 0.556. The summed E-state index contributed by atoms with van der Waals surface area (Å²) < 4.78 is 10.0. The van der Waals surface area contributed by atoms with Crippen LogP contribution in [0.1, 0.15) is 61.8 Å². The maximum absolute atomic E-state index is 12.7. The molecule has 0 aliphatic carbocycles. The number of carbonyl (C=O) groups excluding carboxylic acids is 2. The van der Waals surface area contributed by atoms with Crippen LogP contribution in [0.15, 0.2) is 10.6 Å². The van der Waals surface area contributed by atoms with Crippen LogP contribution < -0.4 is 5.32 Å². The number of hydrogen-bond donors (Lipinski definition) is 2. The lowest BCUT2D eigenvalue weighted by Gasteiger charge is -2.22. The van der Waals surface area contributed by atoms with Crippen LogP contribution in [0, 0.1) is 6.92 Å². The highest BCUT2D eigenvalue weighted by Gasteiger charge is 2.27. The van der Waals surface area contributed by atoms with Gasteiger partial charge in [0.2, 0.25) is 0 Å². The monoisotopic (exact) mass is 363 g/mol. The minimum absolute atomic E-state index is 0.100. The first kappa shape index (κ1) is 19.8. The molecule has 2 N–H and O–H groups in total. The van der Waals surface area contributed by atoms with Gasteiger partial charge in [-0.1, -0.05) is 19.0 Å². The largest absolute Gasteiger partial charge is 0.466 e. The van der Waals surface area contributed by atoms with Gasteiger partial charge < -0.3 is 19.7 Å². The van der Waals surface area contributed by atoms with Crippen LogP contribution in [-0.2, 0) is 9.53 Å². The SMILES string of the molecule is CCOC(=O)C[C@](C)(O)CNC(=O)c1cc(C(C)C)nc2onc(C)c12. The Hall–Kier alpha value is -2.48. The summed E-state index contributed by atoms with van der Waals surface area (Å²) in [5, 5.41) is 17.4. The zero-order valence-electron chi connectivity index (χ0n) is 15.8. The lowest BCUT2D eigenvalue weighted by molar-refractivity contribution is -0.147. The molecule has 0 saturated carbocycles. The van der Waals surface area contributed by atoms with Gasteiger partial charge in [0.25, 0.3) is 11.6 Å². The average Bonchev–Trinajstić information content (AvgIpc) is 2.93. The predicted molar refractivity (Wildman–Crippen MR) is 94.8 cm³/mol. The van der Waals surface area contributed by atoms with E-state index in [9.17, 15) is 14.7 Å². The van der Waals surface area contributed by atoms with Crippen LogP contribution in [0.3, 0.4) is 0 Å². The molecule has 8 nitrogen and oxygen atoms in total. The van der Waals surface area contributed by atoms with Gasteiger partial charge in [-0.05, 0) is 32.8 Å². The second-order valence-corrected chi connectivity index (χ2v) is 6.86. The molecule has 8 heteroatoms. The maximum Gasteiger partial charge on any atom is 0.308 e. The average molecular weight is 363 g/mol. The Bertz CT molecular complexity index is 811. The highest BCUT2D eigenvalue weighted by molar-refractivity contribution is 6.06. The third kappa shape index (κ3) is 4.57.